The summed E-state index contributed by atoms with van der Waals surface area (Å²) < 4.78 is 12.4. The first-order valence-corrected chi connectivity index (χ1v) is 10.7. The zero-order valence-corrected chi connectivity index (χ0v) is 17.9. The number of hydrogen-bond acceptors (Lipinski definition) is 7. The normalized spacial score (nSPS) is 15.3. The van der Waals surface area contributed by atoms with Crippen LogP contribution in [0, 0.1) is 6.92 Å². The van der Waals surface area contributed by atoms with Gasteiger partial charge in [0.05, 0.1) is 17.3 Å². The van der Waals surface area contributed by atoms with Gasteiger partial charge in [0.1, 0.15) is 11.7 Å². The number of carbonyl (C=O) groups is 1. The van der Waals surface area contributed by atoms with E-state index in [1.807, 2.05) is 22.8 Å². The molecule has 3 heterocycles. The number of hydrogen-bond donors (Lipinski definition) is 1. The summed E-state index contributed by atoms with van der Waals surface area (Å²) in [5, 5.41) is 6.83. The van der Waals surface area contributed by atoms with Crippen LogP contribution in [0.4, 0.5) is 0 Å². The molecule has 9 nitrogen and oxygen atoms in total. The summed E-state index contributed by atoms with van der Waals surface area (Å²) in [5.74, 6) is 0.512. The molecule has 32 heavy (non-hydrogen) atoms. The number of benzene rings is 1. The third-order valence-corrected chi connectivity index (χ3v) is 5.90. The summed E-state index contributed by atoms with van der Waals surface area (Å²) in [6.07, 6.45) is 5.73. The molecule has 1 aliphatic rings. The van der Waals surface area contributed by atoms with Gasteiger partial charge >= 0.3 is 0 Å². The summed E-state index contributed by atoms with van der Waals surface area (Å²) in [7, 11) is 0. The standard InChI is InChI=1S/C23H23N5O4/c1-13(25-21(29)19-8-5-11-31-19)22-26-20(27-32-22)15-9-10-18-17(12-15)24-14(2)23(30)28(18)16-6-3-4-7-16/h5,8-13,16H,3-4,6-7H2,1-2H3,(H,25,29)/t13-/m0/s1. The van der Waals surface area contributed by atoms with E-state index in [2.05, 4.69) is 20.4 Å². The van der Waals surface area contributed by atoms with Crippen LogP contribution in [0.15, 0.2) is 50.3 Å². The van der Waals surface area contributed by atoms with Gasteiger partial charge in [-0.25, -0.2) is 4.98 Å². The summed E-state index contributed by atoms with van der Waals surface area (Å²) in [4.78, 5) is 33.9. The predicted octanol–water partition coefficient (Wildman–Crippen LogP) is 3.95. The van der Waals surface area contributed by atoms with Gasteiger partial charge in [0.25, 0.3) is 11.5 Å². The molecule has 4 aromatic rings. The fourth-order valence-corrected chi connectivity index (χ4v) is 4.26. The molecular formula is C23H23N5O4. The maximum absolute atomic E-state index is 12.8. The maximum atomic E-state index is 12.8. The van der Waals surface area contributed by atoms with Crippen molar-refractivity contribution in [2.24, 2.45) is 0 Å². The van der Waals surface area contributed by atoms with Gasteiger partial charge in [0.2, 0.25) is 11.7 Å². The Morgan fingerprint density at radius 1 is 1.22 bits per heavy atom. The molecule has 3 aromatic heterocycles. The molecule has 9 heteroatoms. The van der Waals surface area contributed by atoms with Crippen molar-refractivity contribution in [1.29, 1.82) is 0 Å². The van der Waals surface area contributed by atoms with Crippen molar-refractivity contribution in [1.82, 2.24) is 25.0 Å². The van der Waals surface area contributed by atoms with E-state index < -0.39 is 6.04 Å². The lowest BCUT2D eigenvalue weighted by molar-refractivity contribution is 0.0904. The third kappa shape index (κ3) is 3.59. The molecule has 5 rings (SSSR count). The first-order chi connectivity index (χ1) is 15.5. The average Bonchev–Trinajstić information content (AvgIpc) is 3.56. The van der Waals surface area contributed by atoms with Gasteiger partial charge in [-0.2, -0.15) is 4.98 Å². The molecule has 1 saturated carbocycles. The second-order valence-electron chi connectivity index (χ2n) is 8.14. The number of nitrogens with zero attached hydrogens (tertiary/aromatic N) is 4. The van der Waals surface area contributed by atoms with Crippen LogP contribution in [0.1, 0.15) is 66.8 Å². The Labute approximate surface area is 183 Å². The van der Waals surface area contributed by atoms with Crippen LogP contribution < -0.4 is 10.9 Å². The second-order valence-corrected chi connectivity index (χ2v) is 8.14. The highest BCUT2D eigenvalue weighted by molar-refractivity contribution is 5.91. The average molecular weight is 433 g/mol. The van der Waals surface area contributed by atoms with Crippen LogP contribution in [0.3, 0.4) is 0 Å². The highest BCUT2D eigenvalue weighted by atomic mass is 16.5. The van der Waals surface area contributed by atoms with E-state index in [0.717, 1.165) is 42.3 Å². The molecule has 0 unspecified atom stereocenters. The SMILES string of the molecule is Cc1nc2cc(-c3noc([C@H](C)NC(=O)c4ccco4)n3)ccc2n(C2CCCC2)c1=O. The number of furan rings is 1. The van der Waals surface area contributed by atoms with E-state index in [9.17, 15) is 9.59 Å². The molecule has 1 fully saturated rings. The van der Waals surface area contributed by atoms with E-state index in [1.54, 1.807) is 26.0 Å². The molecule has 164 valence electrons. The van der Waals surface area contributed by atoms with Crippen molar-refractivity contribution < 1.29 is 13.7 Å². The van der Waals surface area contributed by atoms with Gasteiger partial charge in [-0.15, -0.1) is 0 Å². The molecule has 1 aliphatic carbocycles. The molecule has 1 amide bonds. The first kappa shape index (κ1) is 20.2. The van der Waals surface area contributed by atoms with E-state index in [0.29, 0.717) is 11.5 Å². The second kappa shape index (κ2) is 8.07. The number of nitrogens with one attached hydrogen (secondary N) is 1. The third-order valence-electron chi connectivity index (χ3n) is 5.90. The van der Waals surface area contributed by atoms with Crippen LogP contribution in [0.25, 0.3) is 22.4 Å². The van der Waals surface area contributed by atoms with Gasteiger partial charge in [-0.1, -0.05) is 18.0 Å². The van der Waals surface area contributed by atoms with Crippen molar-refractivity contribution in [3.63, 3.8) is 0 Å². The number of aromatic nitrogens is 4. The lowest BCUT2D eigenvalue weighted by atomic mass is 10.1. The lowest BCUT2D eigenvalue weighted by Crippen LogP contribution is -2.27. The molecular weight excluding hydrogens is 410 g/mol. The minimum absolute atomic E-state index is 0.0277. The largest absolute Gasteiger partial charge is 0.459 e. The Kier molecular flexibility index (Phi) is 5.08. The fraction of sp³-hybridized carbons (Fsp3) is 0.348. The summed E-state index contributed by atoms with van der Waals surface area (Å²) >= 11 is 0. The molecule has 0 bridgehead atoms. The molecule has 0 saturated heterocycles. The van der Waals surface area contributed by atoms with Gasteiger partial charge < -0.3 is 18.8 Å². The number of fused-ring (bicyclic) bond motifs is 1. The highest BCUT2D eigenvalue weighted by Gasteiger charge is 2.23. The van der Waals surface area contributed by atoms with Crippen LogP contribution in [0.2, 0.25) is 0 Å². The van der Waals surface area contributed by atoms with E-state index in [4.69, 9.17) is 8.94 Å². The number of carbonyl (C=O) groups excluding carboxylic acids is 1. The molecule has 1 atom stereocenters. The Hall–Kier alpha value is -3.75. The number of aryl methyl sites for hydroxylation is 1. The van der Waals surface area contributed by atoms with Gasteiger partial charge in [-0.05, 0) is 57.0 Å². The van der Waals surface area contributed by atoms with Crippen LogP contribution in [0.5, 0.6) is 0 Å². The van der Waals surface area contributed by atoms with Crippen LogP contribution >= 0.6 is 0 Å². The molecule has 0 radical (unpaired) electrons. The van der Waals surface area contributed by atoms with Gasteiger partial charge in [0.15, 0.2) is 5.76 Å². The summed E-state index contributed by atoms with van der Waals surface area (Å²) in [5.41, 5.74) is 2.71. The number of rotatable bonds is 5. The molecule has 1 N–H and O–H groups in total. The van der Waals surface area contributed by atoms with Gasteiger partial charge in [-0.3, -0.25) is 9.59 Å². The quantitative estimate of drug-likeness (QED) is 0.506. The van der Waals surface area contributed by atoms with Crippen molar-refractivity contribution in [3.05, 3.63) is 64.3 Å². The summed E-state index contributed by atoms with van der Waals surface area (Å²) in [6, 6.07) is 8.58. The maximum Gasteiger partial charge on any atom is 0.287 e. The minimum atomic E-state index is -0.498. The zero-order chi connectivity index (χ0) is 22.2. The van der Waals surface area contributed by atoms with Crippen molar-refractivity contribution in [2.75, 3.05) is 0 Å². The molecule has 1 aromatic carbocycles. The Morgan fingerprint density at radius 2 is 2.03 bits per heavy atom. The smallest absolute Gasteiger partial charge is 0.287 e. The Balaban J connectivity index is 1.44. The summed E-state index contributed by atoms with van der Waals surface area (Å²) in [6.45, 7) is 3.50. The van der Waals surface area contributed by atoms with E-state index >= 15 is 0 Å². The zero-order valence-electron chi connectivity index (χ0n) is 17.9. The van der Waals surface area contributed by atoms with Crippen LogP contribution in [-0.2, 0) is 0 Å². The van der Waals surface area contributed by atoms with Crippen molar-refractivity contribution in [2.45, 2.75) is 51.6 Å². The first-order valence-electron chi connectivity index (χ1n) is 10.7. The van der Waals surface area contributed by atoms with Gasteiger partial charge in [0, 0.05) is 11.6 Å². The number of amides is 1. The van der Waals surface area contributed by atoms with Crippen LogP contribution in [-0.4, -0.2) is 25.6 Å². The monoisotopic (exact) mass is 433 g/mol. The topological polar surface area (TPSA) is 116 Å². The van der Waals surface area contributed by atoms with Crippen molar-refractivity contribution in [3.8, 4) is 11.4 Å². The molecule has 0 spiro atoms. The van der Waals surface area contributed by atoms with Crippen molar-refractivity contribution >= 4 is 16.9 Å². The van der Waals surface area contributed by atoms with E-state index in [1.165, 1.54) is 6.26 Å². The lowest BCUT2D eigenvalue weighted by Gasteiger charge is -2.17. The minimum Gasteiger partial charge on any atom is -0.459 e. The predicted molar refractivity (Wildman–Crippen MR) is 116 cm³/mol. The fourth-order valence-electron chi connectivity index (χ4n) is 4.26. The highest BCUT2D eigenvalue weighted by Crippen LogP contribution is 2.31. The molecule has 0 aliphatic heterocycles. The van der Waals surface area contributed by atoms with E-state index in [-0.39, 0.29) is 29.2 Å². The Morgan fingerprint density at radius 3 is 2.78 bits per heavy atom. The Bertz CT molecular complexity index is 1330.